The molecule has 2 rings (SSSR count). The first-order valence-corrected chi connectivity index (χ1v) is 6.67. The summed E-state index contributed by atoms with van der Waals surface area (Å²) in [4.78, 5) is 6.85. The van der Waals surface area contributed by atoms with Crippen LogP contribution in [0.2, 0.25) is 0 Å². The van der Waals surface area contributed by atoms with Crippen LogP contribution in [0.4, 0.5) is 5.82 Å². The van der Waals surface area contributed by atoms with E-state index in [-0.39, 0.29) is 6.04 Å². The maximum absolute atomic E-state index is 5.91. The molecule has 2 N–H and O–H groups in total. The fourth-order valence-corrected chi connectivity index (χ4v) is 2.46. The van der Waals surface area contributed by atoms with E-state index in [0.717, 1.165) is 24.8 Å². The maximum atomic E-state index is 5.91. The van der Waals surface area contributed by atoms with Crippen molar-refractivity contribution in [1.82, 2.24) is 4.98 Å². The monoisotopic (exact) mass is 233 g/mol. The highest BCUT2D eigenvalue weighted by Crippen LogP contribution is 2.24. The predicted molar refractivity (Wildman–Crippen MR) is 72.1 cm³/mol. The topological polar surface area (TPSA) is 42.1 Å². The van der Waals surface area contributed by atoms with E-state index in [2.05, 4.69) is 22.9 Å². The van der Waals surface area contributed by atoms with Crippen LogP contribution in [0.5, 0.6) is 0 Å². The molecule has 3 heteroatoms. The Morgan fingerprint density at radius 3 is 2.76 bits per heavy atom. The van der Waals surface area contributed by atoms with Gasteiger partial charge in [0, 0.05) is 25.3 Å². The van der Waals surface area contributed by atoms with E-state index in [1.165, 1.54) is 24.8 Å². The first kappa shape index (κ1) is 12.4. The summed E-state index contributed by atoms with van der Waals surface area (Å²) in [6.07, 6.45) is 5.77. The molecule has 2 heterocycles. The highest BCUT2D eigenvalue weighted by molar-refractivity contribution is 5.42. The summed E-state index contributed by atoms with van der Waals surface area (Å²) in [7, 11) is 0. The second-order valence-electron chi connectivity index (χ2n) is 5.07. The third-order valence-corrected chi connectivity index (χ3v) is 3.81. The first-order valence-electron chi connectivity index (χ1n) is 6.67. The molecule has 0 aliphatic carbocycles. The molecule has 1 aromatic rings. The third-order valence-electron chi connectivity index (χ3n) is 3.81. The van der Waals surface area contributed by atoms with Gasteiger partial charge < -0.3 is 10.6 Å². The molecule has 1 atom stereocenters. The summed E-state index contributed by atoms with van der Waals surface area (Å²) < 4.78 is 0. The lowest BCUT2D eigenvalue weighted by Gasteiger charge is -2.32. The molecule has 3 nitrogen and oxygen atoms in total. The van der Waals surface area contributed by atoms with Gasteiger partial charge in [0.25, 0.3) is 0 Å². The number of pyridine rings is 1. The fourth-order valence-electron chi connectivity index (χ4n) is 2.46. The molecule has 1 saturated heterocycles. The van der Waals surface area contributed by atoms with Crippen LogP contribution in [0.15, 0.2) is 18.3 Å². The van der Waals surface area contributed by atoms with Gasteiger partial charge in [-0.2, -0.15) is 0 Å². The van der Waals surface area contributed by atoms with E-state index in [9.17, 15) is 0 Å². The second-order valence-corrected chi connectivity index (χ2v) is 5.07. The van der Waals surface area contributed by atoms with Gasteiger partial charge in [0.2, 0.25) is 0 Å². The lowest BCUT2D eigenvalue weighted by atomic mass is 9.94. The van der Waals surface area contributed by atoms with Crippen molar-refractivity contribution >= 4 is 5.82 Å². The minimum Gasteiger partial charge on any atom is -0.357 e. The Morgan fingerprint density at radius 1 is 1.47 bits per heavy atom. The van der Waals surface area contributed by atoms with Gasteiger partial charge in [-0.25, -0.2) is 4.98 Å². The molecule has 0 saturated carbocycles. The molecule has 1 aromatic heterocycles. The average Bonchev–Trinajstić information content (AvgIpc) is 2.39. The van der Waals surface area contributed by atoms with Crippen molar-refractivity contribution in [1.29, 1.82) is 0 Å². The SMILES string of the molecule is CCC1CCN(c2cc([C@@H](C)N)ccn2)CC1. The second kappa shape index (κ2) is 5.50. The lowest BCUT2D eigenvalue weighted by Crippen LogP contribution is -2.34. The molecule has 94 valence electrons. The number of hydrogen-bond acceptors (Lipinski definition) is 3. The zero-order valence-electron chi connectivity index (χ0n) is 10.9. The van der Waals surface area contributed by atoms with Crippen LogP contribution < -0.4 is 10.6 Å². The van der Waals surface area contributed by atoms with Crippen molar-refractivity contribution in [2.24, 2.45) is 11.7 Å². The summed E-state index contributed by atoms with van der Waals surface area (Å²) in [6, 6.07) is 4.23. The van der Waals surface area contributed by atoms with Crippen LogP contribution in [0.1, 0.15) is 44.7 Å². The molecular weight excluding hydrogens is 210 g/mol. The lowest BCUT2D eigenvalue weighted by molar-refractivity contribution is 0.393. The van der Waals surface area contributed by atoms with Crippen LogP contribution >= 0.6 is 0 Å². The van der Waals surface area contributed by atoms with Crippen LogP contribution in [0.3, 0.4) is 0 Å². The van der Waals surface area contributed by atoms with E-state index >= 15 is 0 Å². The van der Waals surface area contributed by atoms with Crippen molar-refractivity contribution in [3.63, 3.8) is 0 Å². The van der Waals surface area contributed by atoms with Gasteiger partial charge in [-0.15, -0.1) is 0 Å². The quantitative estimate of drug-likeness (QED) is 0.873. The Labute approximate surface area is 104 Å². The number of piperidine rings is 1. The Balaban J connectivity index is 2.05. The number of rotatable bonds is 3. The number of nitrogens with two attached hydrogens (primary N) is 1. The normalized spacial score (nSPS) is 19.4. The van der Waals surface area contributed by atoms with Gasteiger partial charge >= 0.3 is 0 Å². The summed E-state index contributed by atoms with van der Waals surface area (Å²) in [5, 5.41) is 0. The van der Waals surface area contributed by atoms with Gasteiger partial charge in [0.05, 0.1) is 0 Å². The summed E-state index contributed by atoms with van der Waals surface area (Å²) >= 11 is 0. The molecule has 1 aliphatic rings. The molecular formula is C14H23N3. The third kappa shape index (κ3) is 2.97. The van der Waals surface area contributed by atoms with E-state index < -0.39 is 0 Å². The zero-order valence-corrected chi connectivity index (χ0v) is 10.9. The molecule has 17 heavy (non-hydrogen) atoms. The Bertz CT molecular complexity index is 354. The van der Waals surface area contributed by atoms with E-state index in [1.54, 1.807) is 0 Å². The van der Waals surface area contributed by atoms with Crippen molar-refractivity contribution < 1.29 is 0 Å². The van der Waals surface area contributed by atoms with E-state index in [1.807, 2.05) is 19.2 Å². The van der Waals surface area contributed by atoms with E-state index in [0.29, 0.717) is 0 Å². The Hall–Kier alpha value is -1.09. The standard InChI is InChI=1S/C14H23N3/c1-3-12-5-8-17(9-6-12)14-10-13(11(2)15)4-7-16-14/h4,7,10-12H,3,5-6,8-9,15H2,1-2H3/t11-/m1/s1. The minimum atomic E-state index is 0.0879. The van der Waals surface area contributed by atoms with Gasteiger partial charge in [-0.1, -0.05) is 13.3 Å². The number of hydrogen-bond donors (Lipinski definition) is 1. The maximum Gasteiger partial charge on any atom is 0.128 e. The number of aromatic nitrogens is 1. The van der Waals surface area contributed by atoms with Gasteiger partial charge in [-0.05, 0) is 43.4 Å². The Kier molecular flexibility index (Phi) is 4.00. The van der Waals surface area contributed by atoms with Crippen molar-refractivity contribution in [3.05, 3.63) is 23.9 Å². The molecule has 0 radical (unpaired) electrons. The van der Waals surface area contributed by atoms with Crippen molar-refractivity contribution in [3.8, 4) is 0 Å². The molecule has 0 spiro atoms. The van der Waals surface area contributed by atoms with Crippen LogP contribution in [0, 0.1) is 5.92 Å². The van der Waals surface area contributed by atoms with Crippen LogP contribution in [-0.4, -0.2) is 18.1 Å². The molecule has 0 bridgehead atoms. The molecule has 1 fully saturated rings. The molecule has 0 aromatic carbocycles. The summed E-state index contributed by atoms with van der Waals surface area (Å²) in [5.74, 6) is 2.00. The van der Waals surface area contributed by atoms with Crippen LogP contribution in [-0.2, 0) is 0 Å². The molecule has 0 unspecified atom stereocenters. The number of anilines is 1. The predicted octanol–water partition coefficient (Wildman–Crippen LogP) is 2.73. The number of nitrogens with zero attached hydrogens (tertiary/aromatic N) is 2. The summed E-state index contributed by atoms with van der Waals surface area (Å²) in [6.45, 7) is 6.57. The fraction of sp³-hybridized carbons (Fsp3) is 0.643. The van der Waals surface area contributed by atoms with Gasteiger partial charge in [0.15, 0.2) is 0 Å². The summed E-state index contributed by atoms with van der Waals surface area (Å²) in [5.41, 5.74) is 7.08. The highest BCUT2D eigenvalue weighted by Gasteiger charge is 2.18. The van der Waals surface area contributed by atoms with E-state index in [4.69, 9.17) is 5.73 Å². The van der Waals surface area contributed by atoms with Gasteiger partial charge in [-0.3, -0.25) is 0 Å². The minimum absolute atomic E-state index is 0.0879. The smallest absolute Gasteiger partial charge is 0.128 e. The van der Waals surface area contributed by atoms with Crippen molar-refractivity contribution in [2.45, 2.75) is 39.2 Å². The largest absolute Gasteiger partial charge is 0.357 e. The van der Waals surface area contributed by atoms with Crippen molar-refractivity contribution in [2.75, 3.05) is 18.0 Å². The zero-order chi connectivity index (χ0) is 12.3. The Morgan fingerprint density at radius 2 is 2.18 bits per heavy atom. The molecule has 1 aliphatic heterocycles. The first-order chi connectivity index (χ1) is 8.20. The highest BCUT2D eigenvalue weighted by atomic mass is 15.2. The molecule has 0 amide bonds. The average molecular weight is 233 g/mol. The van der Waals surface area contributed by atoms with Crippen LogP contribution in [0.25, 0.3) is 0 Å². The van der Waals surface area contributed by atoms with Gasteiger partial charge in [0.1, 0.15) is 5.82 Å².